The molecule has 9 heterocycles. The van der Waals surface area contributed by atoms with E-state index in [0.717, 1.165) is 145 Å². The maximum Gasteiger partial charge on any atom is 0.172 e. The lowest BCUT2D eigenvalue weighted by Crippen LogP contribution is -2.13. The second kappa shape index (κ2) is 31.5. The molecule has 0 aliphatic carbocycles. The zero-order valence-corrected chi connectivity index (χ0v) is 49.5. The molecule has 0 spiro atoms. The van der Waals surface area contributed by atoms with Crippen LogP contribution in [0.15, 0.2) is 182 Å². The van der Waals surface area contributed by atoms with E-state index in [1.807, 2.05) is 146 Å². The third-order valence-electron chi connectivity index (χ3n) is 14.8. The van der Waals surface area contributed by atoms with Gasteiger partial charge in [-0.2, -0.15) is 0 Å². The molecule has 5 aliphatic heterocycles. The Hall–Kier alpha value is -9.82. The number of aliphatic hydroxyl groups is 1. The molecule has 16 nitrogen and oxygen atoms in total. The quantitative estimate of drug-likeness (QED) is 0.167. The Morgan fingerprint density at radius 2 is 1.01 bits per heavy atom. The zero-order valence-electron chi connectivity index (χ0n) is 49.5. The number of hydrogen-bond acceptors (Lipinski definition) is 14. The Balaban J connectivity index is 0.000000194. The van der Waals surface area contributed by atoms with Gasteiger partial charge in [-0.3, -0.25) is 0 Å². The van der Waals surface area contributed by atoms with Gasteiger partial charge in [-0.15, -0.1) is 10.2 Å². The number of nitrogens with zero attached hydrogens (tertiary/aromatic N) is 8. The predicted octanol–water partition coefficient (Wildman–Crippen LogP) is 13.9. The van der Waals surface area contributed by atoms with Gasteiger partial charge in [0.2, 0.25) is 0 Å². The molecule has 6 aromatic carbocycles. The highest BCUT2D eigenvalue weighted by atomic mass is 16.5. The molecular formula is C72H73N9O7. The standard InChI is InChI=1S/C41H40N6O5.C31H33N3O2/c48-30-32-22-37-27-38(23-32)52-21-9-3-7-19-50-36-17-11-15-34(26-36)47-29-41(43-45-47)39(24-31-12-4-1-5-13-31)40-28-46(44-42-40)33-14-10-16-35(25-33)49-18-6-2-8-20-51-37;1-2-4-20-35-27-16-12-24(13-17-27)22-32-23-26-8-6-10-30(33-26)31-11-7-9-29(34-31)25-14-18-28(19-15-25)36-21-5-3-1/h1,4-5,10,12-16,22-29,48H,2-3,6-9,18-21,30H2;6-19,32H,1-5,20-23H2/b39-24+;. The van der Waals surface area contributed by atoms with Crippen molar-refractivity contribution in [2.45, 2.75) is 90.3 Å². The van der Waals surface area contributed by atoms with Crippen molar-refractivity contribution in [1.82, 2.24) is 45.3 Å². The lowest BCUT2D eigenvalue weighted by Gasteiger charge is -2.12. The Morgan fingerprint density at radius 3 is 1.68 bits per heavy atom. The van der Waals surface area contributed by atoms with Gasteiger partial charge < -0.3 is 38.8 Å². The van der Waals surface area contributed by atoms with E-state index in [-0.39, 0.29) is 6.61 Å². The van der Waals surface area contributed by atoms with Crippen molar-refractivity contribution in [3.8, 4) is 68.5 Å². The molecule has 0 radical (unpaired) electrons. The molecule has 2 N–H and O–H groups in total. The van der Waals surface area contributed by atoms with Gasteiger partial charge in [-0.1, -0.05) is 96.4 Å². The number of benzene rings is 5. The van der Waals surface area contributed by atoms with Crippen molar-refractivity contribution in [3.05, 3.63) is 228 Å². The average molecular weight is 1180 g/mol. The van der Waals surface area contributed by atoms with Crippen LogP contribution in [0.4, 0.5) is 0 Å². The minimum atomic E-state index is -0.0818. The highest BCUT2D eigenvalue weighted by Gasteiger charge is 2.17. The van der Waals surface area contributed by atoms with Crippen LogP contribution < -0.4 is 33.7 Å². The monoisotopic (exact) mass is 1180 g/mol. The number of rotatable bonds is 2. The zero-order chi connectivity index (χ0) is 59.8. The Morgan fingerprint density at radius 1 is 0.455 bits per heavy atom. The first-order chi connectivity index (χ1) is 43.5. The maximum atomic E-state index is 9.77. The smallest absolute Gasteiger partial charge is 0.172 e. The predicted molar refractivity (Wildman–Crippen MR) is 340 cm³/mol. The van der Waals surface area contributed by atoms with Gasteiger partial charge in [0.1, 0.15) is 40.1 Å². The summed E-state index contributed by atoms with van der Waals surface area (Å²) in [5, 5.41) is 31.3. The van der Waals surface area contributed by atoms with Crippen LogP contribution in [-0.4, -0.2) is 84.7 Å². The van der Waals surface area contributed by atoms with Gasteiger partial charge in [0.25, 0.3) is 0 Å². The molecule has 0 fully saturated rings. The molecule has 0 saturated heterocycles. The maximum absolute atomic E-state index is 9.77. The van der Waals surface area contributed by atoms with Crippen LogP contribution >= 0.6 is 0 Å². The molecule has 16 heteroatoms. The fourth-order valence-electron chi connectivity index (χ4n) is 10.1. The summed E-state index contributed by atoms with van der Waals surface area (Å²) >= 11 is 0. The first-order valence-corrected chi connectivity index (χ1v) is 30.6. The van der Waals surface area contributed by atoms with Crippen LogP contribution in [0.25, 0.3) is 45.7 Å². The number of fused-ring (bicyclic) bond motifs is 12. The minimum absolute atomic E-state index is 0.0818. The van der Waals surface area contributed by atoms with Crippen molar-refractivity contribution in [2.24, 2.45) is 0 Å². The third-order valence-corrected chi connectivity index (χ3v) is 14.8. The van der Waals surface area contributed by atoms with Crippen molar-refractivity contribution in [2.75, 3.05) is 39.6 Å². The molecule has 0 saturated carbocycles. The molecule has 4 aromatic heterocycles. The highest BCUT2D eigenvalue weighted by molar-refractivity contribution is 5.88. The topological polar surface area (TPSA) is 175 Å². The summed E-state index contributed by atoms with van der Waals surface area (Å²) in [6.45, 7) is 5.12. The fourth-order valence-corrected chi connectivity index (χ4v) is 10.1. The SMILES string of the molecule is OCc1cc2cc(c1)OCCCCCOc1cccc(c1)-n1cc(nn1)/C(=C\c1ccccc1)c1cn(nn1)-c1cc#cc(c1)OCCCCCO2.c1cc2nc(c1)-c1cccc(n1)-c1ccc(cc1)OCCCCCCCOc1ccc(cc1)CNC2. The molecule has 0 amide bonds. The molecule has 448 valence electrons. The lowest BCUT2D eigenvalue weighted by molar-refractivity contribution is 0.264. The van der Waals surface area contributed by atoms with E-state index in [2.05, 4.69) is 74.5 Å². The number of ether oxygens (including phenoxy) is 6. The Kier molecular flexibility index (Phi) is 21.5. The van der Waals surface area contributed by atoms with Crippen molar-refractivity contribution >= 4 is 11.6 Å². The van der Waals surface area contributed by atoms with E-state index in [4.69, 9.17) is 38.4 Å². The van der Waals surface area contributed by atoms with Gasteiger partial charge in [-0.05, 0) is 165 Å². The van der Waals surface area contributed by atoms with E-state index in [9.17, 15) is 5.11 Å². The van der Waals surface area contributed by atoms with E-state index < -0.39 is 0 Å². The first-order valence-electron chi connectivity index (χ1n) is 30.6. The molecule has 88 heavy (non-hydrogen) atoms. The fraction of sp³-hybridized carbons (Fsp3) is 0.278. The number of aliphatic hydroxyl groups excluding tert-OH is 1. The van der Waals surface area contributed by atoms with Crippen LogP contribution in [0, 0.1) is 12.1 Å². The summed E-state index contributed by atoms with van der Waals surface area (Å²) in [5.41, 5.74) is 11.3. The van der Waals surface area contributed by atoms with Crippen molar-refractivity contribution in [1.29, 1.82) is 0 Å². The van der Waals surface area contributed by atoms with Crippen molar-refractivity contribution in [3.63, 3.8) is 0 Å². The number of pyridine rings is 2. The lowest BCUT2D eigenvalue weighted by atomic mass is 10.1. The normalized spacial score (nSPS) is 15.2. The van der Waals surface area contributed by atoms with E-state index in [0.29, 0.717) is 61.6 Å². The Labute approximate surface area is 514 Å². The van der Waals surface area contributed by atoms with Gasteiger partial charge >= 0.3 is 0 Å². The van der Waals surface area contributed by atoms with Crippen LogP contribution in [0.3, 0.4) is 0 Å². The van der Waals surface area contributed by atoms with E-state index in [1.54, 1.807) is 15.4 Å². The highest BCUT2D eigenvalue weighted by Crippen LogP contribution is 2.29. The average Bonchev–Trinajstić information content (AvgIpc) is 3.38. The van der Waals surface area contributed by atoms with Gasteiger partial charge in [0.15, 0.2) is 5.75 Å². The summed E-state index contributed by atoms with van der Waals surface area (Å²) in [5.74, 6) is 4.55. The molecule has 10 aromatic rings. The van der Waals surface area contributed by atoms with Crippen LogP contribution in [-0.2, 0) is 19.7 Å². The van der Waals surface area contributed by atoms with E-state index >= 15 is 0 Å². The second-order valence-electron chi connectivity index (χ2n) is 21.6. The molecular weight excluding hydrogens is 1100 g/mol. The number of nitrogens with one attached hydrogen (secondary N) is 1. The minimum Gasteiger partial charge on any atom is -0.494 e. The molecule has 5 aliphatic rings. The van der Waals surface area contributed by atoms with Crippen LogP contribution in [0.2, 0.25) is 0 Å². The second-order valence-corrected chi connectivity index (χ2v) is 21.6. The summed E-state index contributed by atoms with van der Waals surface area (Å²) in [6.07, 6.45) is 16.8. The largest absolute Gasteiger partial charge is 0.494 e. The summed E-state index contributed by atoms with van der Waals surface area (Å²) in [7, 11) is 0. The van der Waals surface area contributed by atoms with Crippen molar-refractivity contribution < 1.29 is 33.5 Å². The number of hydrogen-bond donors (Lipinski definition) is 2. The first kappa shape index (κ1) is 59.9. The molecule has 15 rings (SSSR count). The third kappa shape index (κ3) is 17.7. The van der Waals surface area contributed by atoms with Gasteiger partial charge in [0, 0.05) is 48.5 Å². The van der Waals surface area contributed by atoms with Gasteiger partial charge in [0.05, 0.1) is 92.8 Å². The molecule has 18 bridgehead atoms. The summed E-state index contributed by atoms with van der Waals surface area (Å²) in [6, 6.07) is 61.9. The van der Waals surface area contributed by atoms with Crippen LogP contribution in [0.5, 0.6) is 34.5 Å². The Bertz CT molecular complexity index is 3680. The molecule has 0 unspecified atom stereocenters. The number of aromatic nitrogens is 8. The summed E-state index contributed by atoms with van der Waals surface area (Å²) < 4.78 is 39.4. The van der Waals surface area contributed by atoms with Gasteiger partial charge in [-0.25, -0.2) is 19.3 Å². The van der Waals surface area contributed by atoms with E-state index in [1.165, 1.54) is 24.8 Å². The molecule has 0 atom stereocenters. The summed E-state index contributed by atoms with van der Waals surface area (Å²) in [4.78, 5) is 9.75. The van der Waals surface area contributed by atoms with Crippen LogP contribution in [0.1, 0.15) is 104 Å².